The number of benzene rings is 2. The van der Waals surface area contributed by atoms with Crippen LogP contribution in [-0.2, 0) is 9.09 Å². The highest BCUT2D eigenvalue weighted by Crippen LogP contribution is 2.44. The van der Waals surface area contributed by atoms with E-state index in [0.29, 0.717) is 6.61 Å². The Morgan fingerprint density at radius 3 is 2.00 bits per heavy atom. The van der Waals surface area contributed by atoms with Crippen LogP contribution in [0.25, 0.3) is 11.1 Å². The van der Waals surface area contributed by atoms with E-state index in [1.807, 2.05) is 24.3 Å². The normalized spacial score (nSPS) is 13.6. The molecule has 0 bridgehead atoms. The van der Waals surface area contributed by atoms with Crippen LogP contribution in [0.15, 0.2) is 48.5 Å². The summed E-state index contributed by atoms with van der Waals surface area (Å²) in [5.41, 5.74) is 5.08. The molecule has 0 N–H and O–H groups in total. The summed E-state index contributed by atoms with van der Waals surface area (Å²) in [6.07, 6.45) is 0. The predicted molar refractivity (Wildman–Crippen MR) is 68.7 cm³/mol. The summed E-state index contributed by atoms with van der Waals surface area (Å²) >= 11 is 0. The van der Waals surface area contributed by atoms with Gasteiger partial charge in [0.05, 0.1) is 0 Å². The van der Waals surface area contributed by atoms with Crippen LogP contribution in [0.4, 0.5) is 0 Å². The molecule has 1 unspecified atom stereocenters. The van der Waals surface area contributed by atoms with Crippen molar-refractivity contribution >= 4 is 8.69 Å². The maximum atomic E-state index is 10.5. The Bertz CT molecular complexity index is 520. The Morgan fingerprint density at radius 2 is 1.47 bits per heavy atom. The summed E-state index contributed by atoms with van der Waals surface area (Å²) in [5, 5.41) is 0. The molecular formula is C14H12O2P+. The SMILES string of the molecule is O=[PH+]OCC1c2ccccc2-c2ccccc21. The van der Waals surface area contributed by atoms with Crippen molar-refractivity contribution in [2.75, 3.05) is 6.61 Å². The Hall–Kier alpha value is -1.50. The maximum Gasteiger partial charge on any atom is 0.494 e. The first-order chi connectivity index (χ1) is 8.42. The fraction of sp³-hybridized carbons (Fsp3) is 0.143. The van der Waals surface area contributed by atoms with Crippen molar-refractivity contribution in [3.8, 4) is 11.1 Å². The Morgan fingerprint density at radius 1 is 0.941 bits per heavy atom. The fourth-order valence-corrected chi connectivity index (χ4v) is 2.79. The fourth-order valence-electron chi connectivity index (χ4n) is 2.56. The van der Waals surface area contributed by atoms with Crippen LogP contribution in [0.2, 0.25) is 0 Å². The van der Waals surface area contributed by atoms with Crippen LogP contribution < -0.4 is 0 Å². The van der Waals surface area contributed by atoms with Crippen LogP contribution in [0, 0.1) is 0 Å². The van der Waals surface area contributed by atoms with Crippen molar-refractivity contribution in [1.82, 2.24) is 0 Å². The molecule has 2 nitrogen and oxygen atoms in total. The minimum absolute atomic E-state index is 0.212. The highest BCUT2D eigenvalue weighted by Gasteiger charge is 2.28. The number of fused-ring (bicyclic) bond motifs is 3. The Labute approximate surface area is 102 Å². The van der Waals surface area contributed by atoms with E-state index >= 15 is 0 Å². The topological polar surface area (TPSA) is 26.3 Å². The second-order valence-corrected chi connectivity index (χ2v) is 4.58. The molecule has 0 radical (unpaired) electrons. The van der Waals surface area contributed by atoms with Crippen molar-refractivity contribution in [1.29, 1.82) is 0 Å². The molecule has 1 aliphatic carbocycles. The van der Waals surface area contributed by atoms with Crippen LogP contribution in [0.5, 0.6) is 0 Å². The van der Waals surface area contributed by atoms with Gasteiger partial charge >= 0.3 is 8.69 Å². The van der Waals surface area contributed by atoms with E-state index in [2.05, 4.69) is 24.3 Å². The minimum Gasteiger partial charge on any atom is -0.147 e. The molecule has 0 aromatic heterocycles. The minimum atomic E-state index is -0.691. The summed E-state index contributed by atoms with van der Waals surface area (Å²) in [6.45, 7) is 0.482. The van der Waals surface area contributed by atoms with Gasteiger partial charge in [-0.3, -0.25) is 0 Å². The van der Waals surface area contributed by atoms with Gasteiger partial charge in [-0.25, -0.2) is 0 Å². The molecule has 0 amide bonds. The van der Waals surface area contributed by atoms with E-state index < -0.39 is 8.69 Å². The molecule has 3 heteroatoms. The van der Waals surface area contributed by atoms with Gasteiger partial charge in [-0.15, -0.1) is 4.52 Å². The van der Waals surface area contributed by atoms with Crippen molar-refractivity contribution in [3.63, 3.8) is 0 Å². The highest BCUT2D eigenvalue weighted by atomic mass is 31.1. The van der Waals surface area contributed by atoms with Gasteiger partial charge in [-0.1, -0.05) is 48.5 Å². The van der Waals surface area contributed by atoms with E-state index in [1.165, 1.54) is 22.3 Å². The highest BCUT2D eigenvalue weighted by molar-refractivity contribution is 7.17. The molecule has 0 aliphatic heterocycles. The van der Waals surface area contributed by atoms with Gasteiger partial charge in [0, 0.05) is 5.92 Å². The number of rotatable bonds is 3. The molecular weight excluding hydrogens is 231 g/mol. The molecule has 84 valence electrons. The van der Waals surface area contributed by atoms with Gasteiger partial charge in [-0.2, -0.15) is 0 Å². The standard InChI is InChI=1S/C14H12O2P/c15-17-16-9-14-12-7-3-1-5-10(12)11-6-2-4-8-13(11)14/h1-8,14,17H,9H2/q+1. The lowest BCUT2D eigenvalue weighted by atomic mass is 9.98. The summed E-state index contributed by atoms with van der Waals surface area (Å²) in [7, 11) is -0.691. The van der Waals surface area contributed by atoms with E-state index in [-0.39, 0.29) is 5.92 Å². The molecule has 1 atom stereocenters. The summed E-state index contributed by atoms with van der Waals surface area (Å²) in [4.78, 5) is 0. The van der Waals surface area contributed by atoms with Crippen LogP contribution in [-0.4, -0.2) is 6.61 Å². The molecule has 0 fully saturated rings. The van der Waals surface area contributed by atoms with E-state index in [0.717, 1.165) is 0 Å². The molecule has 2 aromatic carbocycles. The first-order valence-electron chi connectivity index (χ1n) is 5.59. The molecule has 0 heterocycles. The molecule has 0 saturated carbocycles. The van der Waals surface area contributed by atoms with Gasteiger partial charge in [0.15, 0.2) is 0 Å². The molecule has 1 aliphatic rings. The van der Waals surface area contributed by atoms with Gasteiger partial charge in [0.25, 0.3) is 0 Å². The zero-order chi connectivity index (χ0) is 11.7. The second-order valence-electron chi connectivity index (χ2n) is 4.12. The van der Waals surface area contributed by atoms with Crippen LogP contribution in [0.3, 0.4) is 0 Å². The first-order valence-corrected chi connectivity index (χ1v) is 6.40. The zero-order valence-corrected chi connectivity index (χ0v) is 10.2. The van der Waals surface area contributed by atoms with Gasteiger partial charge in [-0.05, 0) is 26.8 Å². The number of hydrogen-bond donors (Lipinski definition) is 0. The lowest BCUT2D eigenvalue weighted by Crippen LogP contribution is -2.02. The third-order valence-electron chi connectivity index (χ3n) is 3.27. The van der Waals surface area contributed by atoms with Gasteiger partial charge in [0.2, 0.25) is 0 Å². The van der Waals surface area contributed by atoms with Crippen molar-refractivity contribution in [2.45, 2.75) is 5.92 Å². The van der Waals surface area contributed by atoms with Crippen molar-refractivity contribution in [2.24, 2.45) is 0 Å². The van der Waals surface area contributed by atoms with E-state index in [4.69, 9.17) is 4.52 Å². The number of hydrogen-bond acceptors (Lipinski definition) is 2. The monoisotopic (exact) mass is 243 g/mol. The smallest absolute Gasteiger partial charge is 0.147 e. The zero-order valence-electron chi connectivity index (χ0n) is 9.22. The van der Waals surface area contributed by atoms with E-state index in [1.54, 1.807) is 0 Å². The summed E-state index contributed by atoms with van der Waals surface area (Å²) < 4.78 is 15.6. The molecule has 3 rings (SSSR count). The Kier molecular flexibility index (Phi) is 2.76. The first kappa shape index (κ1) is 10.6. The average Bonchev–Trinajstić information content (AvgIpc) is 2.71. The molecule has 0 saturated heterocycles. The average molecular weight is 243 g/mol. The van der Waals surface area contributed by atoms with Crippen molar-refractivity contribution in [3.05, 3.63) is 59.7 Å². The molecule has 17 heavy (non-hydrogen) atoms. The lowest BCUT2D eigenvalue weighted by Gasteiger charge is -2.08. The largest absolute Gasteiger partial charge is 0.494 e. The maximum absolute atomic E-state index is 10.5. The lowest BCUT2D eigenvalue weighted by molar-refractivity contribution is 0.329. The molecule has 0 spiro atoms. The van der Waals surface area contributed by atoms with Gasteiger partial charge in [0.1, 0.15) is 6.61 Å². The van der Waals surface area contributed by atoms with Crippen LogP contribution in [0.1, 0.15) is 17.0 Å². The Balaban J connectivity index is 2.13. The third kappa shape index (κ3) is 1.70. The van der Waals surface area contributed by atoms with Gasteiger partial charge < -0.3 is 0 Å². The molecule has 2 aromatic rings. The predicted octanol–water partition coefficient (Wildman–Crippen LogP) is 3.75. The second kappa shape index (κ2) is 4.40. The quantitative estimate of drug-likeness (QED) is 0.767. The van der Waals surface area contributed by atoms with E-state index in [9.17, 15) is 4.57 Å². The summed E-state index contributed by atoms with van der Waals surface area (Å²) in [5.74, 6) is 0.212. The van der Waals surface area contributed by atoms with Crippen molar-refractivity contribution < 1.29 is 9.09 Å². The summed E-state index contributed by atoms with van der Waals surface area (Å²) in [6, 6.07) is 16.7. The third-order valence-corrected chi connectivity index (χ3v) is 3.56. The van der Waals surface area contributed by atoms with Crippen LogP contribution >= 0.6 is 8.69 Å².